The number of unbranched alkanes of at least 4 members (excludes halogenated alkanes) is 2. The minimum atomic E-state index is -0.313. The number of ketones is 1. The highest BCUT2D eigenvalue weighted by Crippen LogP contribution is 2.53. The van der Waals surface area contributed by atoms with Crippen LogP contribution in [0.25, 0.3) is 5.57 Å². The number of amides is 2. The predicted octanol–water partition coefficient (Wildman–Crippen LogP) is 11.0. The minimum absolute atomic E-state index is 0.0718. The van der Waals surface area contributed by atoms with E-state index in [0.29, 0.717) is 35.4 Å². The van der Waals surface area contributed by atoms with E-state index < -0.39 is 0 Å². The summed E-state index contributed by atoms with van der Waals surface area (Å²) < 4.78 is 0. The highest BCUT2D eigenvalue weighted by Gasteiger charge is 2.49. The van der Waals surface area contributed by atoms with Gasteiger partial charge in [0.2, 0.25) is 17.6 Å². The van der Waals surface area contributed by atoms with E-state index in [2.05, 4.69) is 98.2 Å². The topological polar surface area (TPSA) is 102 Å². The van der Waals surface area contributed by atoms with Crippen molar-refractivity contribution < 1.29 is 19.5 Å². The Kier molecular flexibility index (Phi) is 12.7. The molecular weight excluding hydrogens is 697 g/mol. The molecule has 306 valence electrons. The molecule has 2 heterocycles. The van der Waals surface area contributed by atoms with E-state index in [-0.39, 0.29) is 81.3 Å². The van der Waals surface area contributed by atoms with Crippen molar-refractivity contribution in [1.29, 1.82) is 0 Å². The number of benzene rings is 1. The van der Waals surface area contributed by atoms with Crippen LogP contribution in [0.1, 0.15) is 159 Å². The number of allylic oxidation sites excluding steroid dienone is 6. The van der Waals surface area contributed by atoms with Crippen LogP contribution >= 0.6 is 0 Å². The molecule has 4 aliphatic rings. The Balaban J connectivity index is 1.74. The average Bonchev–Trinajstić information content (AvgIpc) is 3.45. The lowest BCUT2D eigenvalue weighted by molar-refractivity contribution is -0.122. The second kappa shape index (κ2) is 16.5. The number of nitrogens with zero attached hydrogens (tertiary/aromatic N) is 3. The lowest BCUT2D eigenvalue weighted by Gasteiger charge is -2.34. The van der Waals surface area contributed by atoms with Crippen molar-refractivity contribution in [3.05, 3.63) is 63.6 Å². The van der Waals surface area contributed by atoms with Crippen molar-refractivity contribution in [2.45, 2.75) is 178 Å². The van der Waals surface area contributed by atoms with E-state index in [4.69, 9.17) is 4.99 Å². The number of fused-ring (bicyclic) bond motifs is 2. The van der Waals surface area contributed by atoms with E-state index in [0.717, 1.165) is 61.0 Å². The summed E-state index contributed by atoms with van der Waals surface area (Å²) in [7, 11) is 0. The van der Waals surface area contributed by atoms with E-state index in [9.17, 15) is 19.5 Å². The number of anilines is 2. The Bertz CT molecular complexity index is 1900. The second-order valence-electron chi connectivity index (χ2n) is 18.5. The molecule has 2 N–H and O–H groups in total. The van der Waals surface area contributed by atoms with Gasteiger partial charge >= 0.3 is 0 Å². The Labute approximate surface area is 337 Å². The molecule has 2 amide bonds. The molecule has 8 heteroatoms. The number of hydrogen-bond acceptors (Lipinski definition) is 6. The molecule has 0 aromatic heterocycles. The molecule has 0 spiro atoms. The molecule has 0 radical (unpaired) electrons. The fourth-order valence-corrected chi connectivity index (χ4v) is 9.51. The van der Waals surface area contributed by atoms with Crippen LogP contribution in [0.5, 0.6) is 0 Å². The third-order valence-electron chi connectivity index (χ3n) is 13.7. The maximum atomic E-state index is 14.8. The van der Waals surface area contributed by atoms with Crippen LogP contribution in [-0.2, 0) is 19.8 Å². The molecule has 0 saturated carbocycles. The zero-order valence-electron chi connectivity index (χ0n) is 36.9. The molecule has 1 aromatic rings. The average molecular weight is 767 g/mol. The molecule has 0 bridgehead atoms. The number of nitrogens with one attached hydrogen (secondary N) is 1. The summed E-state index contributed by atoms with van der Waals surface area (Å²) in [6.07, 6.45) is 10.8. The SMILES string of the molecule is CCCCC(CC)C(=O)N=C1C=C2C(=CC1=C1C(=O)C(c3cc4c(cc3NC(=O)C(CC)CCCC)N(C(C)C)C(C)C4(C)C)=C1O)C(C)(C)C(C)N2C(C)C. The Hall–Kier alpha value is -3.94. The summed E-state index contributed by atoms with van der Waals surface area (Å²) in [6, 6.07) is 4.78. The second-order valence-corrected chi connectivity index (χ2v) is 18.5. The summed E-state index contributed by atoms with van der Waals surface area (Å²) in [6.45, 7) is 30.3. The lowest BCUT2D eigenvalue weighted by Crippen LogP contribution is -2.42. The van der Waals surface area contributed by atoms with Crippen molar-refractivity contribution in [3.63, 3.8) is 0 Å². The monoisotopic (exact) mass is 767 g/mol. The number of likely N-dealkylation sites (tertiary alicyclic amines) is 1. The number of aliphatic hydroxyl groups excluding tert-OH is 1. The van der Waals surface area contributed by atoms with Crippen molar-refractivity contribution >= 4 is 40.3 Å². The molecule has 2 aliphatic heterocycles. The summed E-state index contributed by atoms with van der Waals surface area (Å²) in [4.78, 5) is 52.1. The van der Waals surface area contributed by atoms with Crippen LogP contribution < -0.4 is 10.2 Å². The number of Topliss-reactive ketones (excluding diaryl/α,β-unsaturated/α-hetero) is 1. The largest absolute Gasteiger partial charge is 0.506 e. The highest BCUT2D eigenvalue weighted by molar-refractivity contribution is 6.42. The van der Waals surface area contributed by atoms with Gasteiger partial charge in [-0.3, -0.25) is 14.4 Å². The first-order valence-electron chi connectivity index (χ1n) is 21.7. The van der Waals surface area contributed by atoms with Gasteiger partial charge in [-0.05, 0) is 103 Å². The van der Waals surface area contributed by atoms with Gasteiger partial charge in [-0.25, -0.2) is 4.99 Å². The van der Waals surface area contributed by atoms with Gasteiger partial charge < -0.3 is 20.2 Å². The summed E-state index contributed by atoms with van der Waals surface area (Å²) in [5.74, 6) is -1.08. The number of aliphatic imine (C=N–C) groups is 1. The Morgan fingerprint density at radius 1 is 0.821 bits per heavy atom. The molecule has 56 heavy (non-hydrogen) atoms. The molecule has 4 unspecified atom stereocenters. The minimum Gasteiger partial charge on any atom is -0.506 e. The summed E-state index contributed by atoms with van der Waals surface area (Å²) in [5, 5.41) is 15.5. The van der Waals surface area contributed by atoms with Gasteiger partial charge in [0.05, 0.1) is 22.5 Å². The number of carbonyl (C=O) groups excluding carboxylic acids is 3. The maximum Gasteiger partial charge on any atom is 0.249 e. The summed E-state index contributed by atoms with van der Waals surface area (Å²) >= 11 is 0. The van der Waals surface area contributed by atoms with Crippen LogP contribution in [0.15, 0.2) is 57.5 Å². The molecular formula is C48H70N4O4. The Morgan fingerprint density at radius 3 is 1.93 bits per heavy atom. The number of aliphatic hydroxyl groups is 1. The predicted molar refractivity (Wildman–Crippen MR) is 232 cm³/mol. The van der Waals surface area contributed by atoms with E-state index in [1.54, 1.807) is 0 Å². The molecule has 8 nitrogen and oxygen atoms in total. The van der Waals surface area contributed by atoms with Crippen molar-refractivity contribution in [2.75, 3.05) is 10.2 Å². The van der Waals surface area contributed by atoms with Gasteiger partial charge in [-0.2, -0.15) is 0 Å². The van der Waals surface area contributed by atoms with Crippen LogP contribution in [-0.4, -0.2) is 57.5 Å². The third kappa shape index (κ3) is 7.35. The van der Waals surface area contributed by atoms with Crippen LogP contribution in [0.3, 0.4) is 0 Å². The van der Waals surface area contributed by atoms with Crippen molar-refractivity contribution in [3.8, 4) is 0 Å². The summed E-state index contributed by atoms with van der Waals surface area (Å²) in [5.41, 5.74) is 5.98. The van der Waals surface area contributed by atoms with Gasteiger partial charge in [0, 0.05) is 69.4 Å². The van der Waals surface area contributed by atoms with Crippen LogP contribution in [0, 0.1) is 17.3 Å². The molecule has 5 rings (SSSR count). The van der Waals surface area contributed by atoms with E-state index >= 15 is 0 Å². The van der Waals surface area contributed by atoms with Crippen LogP contribution in [0.4, 0.5) is 11.4 Å². The molecule has 2 aliphatic carbocycles. The van der Waals surface area contributed by atoms with E-state index in [1.807, 2.05) is 38.1 Å². The van der Waals surface area contributed by atoms with Gasteiger partial charge in [-0.1, -0.05) is 81.1 Å². The smallest absolute Gasteiger partial charge is 0.249 e. The number of rotatable bonds is 14. The molecule has 1 fully saturated rings. The van der Waals surface area contributed by atoms with Crippen molar-refractivity contribution in [1.82, 2.24) is 4.90 Å². The zero-order chi connectivity index (χ0) is 41.6. The van der Waals surface area contributed by atoms with Gasteiger partial charge in [0.15, 0.2) is 0 Å². The first kappa shape index (κ1) is 43.2. The van der Waals surface area contributed by atoms with E-state index in [1.165, 1.54) is 0 Å². The highest BCUT2D eigenvalue weighted by atomic mass is 16.3. The Morgan fingerprint density at radius 2 is 1.39 bits per heavy atom. The quantitative estimate of drug-likeness (QED) is 0.183. The lowest BCUT2D eigenvalue weighted by atomic mass is 9.73. The van der Waals surface area contributed by atoms with Crippen molar-refractivity contribution in [2.24, 2.45) is 22.2 Å². The zero-order valence-corrected chi connectivity index (χ0v) is 36.9. The number of hydrogen-bond donors (Lipinski definition) is 2. The first-order chi connectivity index (χ1) is 26.3. The third-order valence-corrected chi connectivity index (χ3v) is 13.7. The molecule has 1 aromatic carbocycles. The molecule has 4 atom stereocenters. The van der Waals surface area contributed by atoms with Gasteiger partial charge in [-0.15, -0.1) is 0 Å². The number of carbonyl (C=O) groups is 3. The standard InChI is InChI=1S/C48H70N4O4/c1-15-19-21-31(17-3)45(55)49-37-25-39-35(47(11,12)29(9)51(39)27(5)6)23-33(37)41-43(53)42(44(41)54)34-24-36-40(52(28(7)8)30(10)48(36,13)14)26-38(34)50-46(56)32(18-4)22-20-16-2/h23-32,53H,15-22H2,1-14H3,(H,49,55). The molecule has 1 saturated heterocycles. The normalized spacial score (nSPS) is 24.4. The van der Waals surface area contributed by atoms with Gasteiger partial charge in [0.1, 0.15) is 5.76 Å². The van der Waals surface area contributed by atoms with Crippen LogP contribution in [0.2, 0.25) is 0 Å². The maximum absolute atomic E-state index is 14.8. The fraction of sp³-hybridized carbons (Fsp3) is 0.625. The first-order valence-corrected chi connectivity index (χ1v) is 21.7. The van der Waals surface area contributed by atoms with Gasteiger partial charge in [0.25, 0.3) is 0 Å². The fourth-order valence-electron chi connectivity index (χ4n) is 9.51.